The van der Waals surface area contributed by atoms with Gasteiger partial charge in [0.2, 0.25) is 0 Å². The summed E-state index contributed by atoms with van der Waals surface area (Å²) in [6, 6.07) is 15.2. The van der Waals surface area contributed by atoms with Gasteiger partial charge >= 0.3 is 5.97 Å². The molecule has 1 aromatic heterocycles. The van der Waals surface area contributed by atoms with Gasteiger partial charge in [-0.05, 0) is 24.1 Å². The van der Waals surface area contributed by atoms with Crippen LogP contribution in [0.3, 0.4) is 0 Å². The van der Waals surface area contributed by atoms with Gasteiger partial charge in [-0.15, -0.1) is 0 Å². The molecule has 6 nitrogen and oxygen atoms in total. The van der Waals surface area contributed by atoms with E-state index in [4.69, 9.17) is 0 Å². The van der Waals surface area contributed by atoms with E-state index in [1.54, 1.807) is 4.90 Å². The number of carbonyl (C=O) groups excluding carboxylic acids is 1. The van der Waals surface area contributed by atoms with E-state index in [0.717, 1.165) is 22.0 Å². The summed E-state index contributed by atoms with van der Waals surface area (Å²) >= 11 is 0. The van der Waals surface area contributed by atoms with Crippen LogP contribution in [0, 0.1) is 12.8 Å². The first-order valence-corrected chi connectivity index (χ1v) is 8.57. The van der Waals surface area contributed by atoms with E-state index < -0.39 is 11.9 Å². The number of fused-ring (bicyclic) bond motifs is 1. The fourth-order valence-electron chi connectivity index (χ4n) is 3.81. The Balaban J connectivity index is 1.67. The molecule has 1 aliphatic rings. The number of aliphatic carboxylic acids is 1. The van der Waals surface area contributed by atoms with Gasteiger partial charge in [0, 0.05) is 24.4 Å². The highest BCUT2D eigenvalue weighted by Crippen LogP contribution is 2.35. The quantitative estimate of drug-likeness (QED) is 0.761. The fraction of sp³-hybridized carbons (Fsp3) is 0.250. The number of hydrogen-bond donors (Lipinski definition) is 2. The molecule has 0 spiro atoms. The first-order chi connectivity index (χ1) is 12.6. The second-order valence-corrected chi connectivity index (χ2v) is 6.74. The molecule has 26 heavy (non-hydrogen) atoms. The predicted molar refractivity (Wildman–Crippen MR) is 97.0 cm³/mol. The second-order valence-electron chi connectivity index (χ2n) is 6.74. The molecule has 2 N–H and O–H groups in total. The molecule has 1 amide bonds. The van der Waals surface area contributed by atoms with Gasteiger partial charge < -0.3 is 10.0 Å². The molecule has 0 radical (unpaired) electrons. The molecule has 0 saturated carbocycles. The van der Waals surface area contributed by atoms with Crippen molar-refractivity contribution in [1.29, 1.82) is 0 Å². The van der Waals surface area contributed by atoms with E-state index in [9.17, 15) is 14.7 Å². The summed E-state index contributed by atoms with van der Waals surface area (Å²) in [7, 11) is 0. The minimum atomic E-state index is -0.875. The number of rotatable bonds is 3. The first-order valence-electron chi connectivity index (χ1n) is 8.57. The maximum absolute atomic E-state index is 13.0. The number of amides is 1. The maximum atomic E-state index is 13.0. The molecule has 2 atom stereocenters. The summed E-state index contributed by atoms with van der Waals surface area (Å²) in [6.07, 6.45) is 0. The van der Waals surface area contributed by atoms with E-state index in [-0.39, 0.29) is 18.4 Å². The van der Waals surface area contributed by atoms with Crippen LogP contribution >= 0.6 is 0 Å². The summed E-state index contributed by atoms with van der Waals surface area (Å²) in [6.45, 7) is 2.54. The first kappa shape index (κ1) is 16.3. The Hall–Kier alpha value is -3.15. The van der Waals surface area contributed by atoms with Crippen LogP contribution in [0.5, 0.6) is 0 Å². The molecular weight excluding hydrogens is 330 g/mol. The highest BCUT2D eigenvalue weighted by Gasteiger charge is 2.41. The van der Waals surface area contributed by atoms with E-state index in [1.807, 2.05) is 55.5 Å². The molecule has 0 bridgehead atoms. The van der Waals surface area contributed by atoms with E-state index in [0.29, 0.717) is 12.2 Å². The number of nitrogens with one attached hydrogen (secondary N) is 1. The van der Waals surface area contributed by atoms with Gasteiger partial charge in [0.05, 0.1) is 11.4 Å². The number of H-pyrrole nitrogens is 1. The molecule has 132 valence electrons. The van der Waals surface area contributed by atoms with Crippen molar-refractivity contribution >= 4 is 22.8 Å². The lowest BCUT2D eigenvalue weighted by Crippen LogP contribution is -2.30. The summed E-state index contributed by atoms with van der Waals surface area (Å²) in [4.78, 5) is 26.4. The number of benzene rings is 2. The van der Waals surface area contributed by atoms with Gasteiger partial charge in [0.25, 0.3) is 5.91 Å². The Morgan fingerprint density at radius 2 is 1.85 bits per heavy atom. The fourth-order valence-corrected chi connectivity index (χ4v) is 3.81. The molecule has 2 aromatic carbocycles. The van der Waals surface area contributed by atoms with Gasteiger partial charge in [0.15, 0.2) is 5.69 Å². The van der Waals surface area contributed by atoms with Crippen LogP contribution in [0.1, 0.15) is 27.5 Å². The van der Waals surface area contributed by atoms with Crippen molar-refractivity contribution in [1.82, 2.24) is 15.1 Å². The van der Waals surface area contributed by atoms with Crippen LogP contribution in [0.2, 0.25) is 0 Å². The van der Waals surface area contributed by atoms with E-state index in [1.165, 1.54) is 0 Å². The molecule has 2 heterocycles. The Morgan fingerprint density at radius 1 is 1.12 bits per heavy atom. The van der Waals surface area contributed by atoms with Gasteiger partial charge in [-0.3, -0.25) is 14.7 Å². The standard InChI is InChI=1S/C20H19N3O3/c1-12-6-2-3-7-13(12)15-10-23(11-16(15)20(25)26)19(24)18-14-8-4-5-9-17(14)21-22-18/h2-9,15-16H,10-11H2,1H3,(H,21,22)(H,25,26). The minimum absolute atomic E-state index is 0.189. The van der Waals surface area contributed by atoms with Crippen molar-refractivity contribution in [3.05, 3.63) is 65.4 Å². The van der Waals surface area contributed by atoms with Crippen LogP contribution in [0.4, 0.5) is 0 Å². The third-order valence-corrected chi connectivity index (χ3v) is 5.19. The smallest absolute Gasteiger partial charge is 0.308 e. The van der Waals surface area contributed by atoms with Crippen LogP contribution in [-0.2, 0) is 4.79 Å². The molecule has 1 aliphatic heterocycles. The molecule has 6 heteroatoms. The second kappa shape index (κ2) is 6.29. The van der Waals surface area contributed by atoms with Gasteiger partial charge in [-0.25, -0.2) is 0 Å². The van der Waals surface area contributed by atoms with Crippen molar-refractivity contribution in [2.24, 2.45) is 5.92 Å². The van der Waals surface area contributed by atoms with Gasteiger partial charge in [0.1, 0.15) is 0 Å². The highest BCUT2D eigenvalue weighted by molar-refractivity contribution is 6.05. The Kier molecular flexibility index (Phi) is 3.95. The molecule has 0 aliphatic carbocycles. The maximum Gasteiger partial charge on any atom is 0.308 e. The number of aromatic nitrogens is 2. The zero-order valence-electron chi connectivity index (χ0n) is 14.3. The number of nitrogens with zero attached hydrogens (tertiary/aromatic N) is 2. The average molecular weight is 349 g/mol. The lowest BCUT2D eigenvalue weighted by molar-refractivity contribution is -0.141. The number of likely N-dealkylation sites (tertiary alicyclic amines) is 1. The lowest BCUT2D eigenvalue weighted by atomic mass is 9.86. The number of aromatic amines is 1. The topological polar surface area (TPSA) is 86.3 Å². The number of carboxylic acid groups (broad SMARTS) is 1. The van der Waals surface area contributed by atoms with Crippen molar-refractivity contribution in [2.75, 3.05) is 13.1 Å². The SMILES string of the molecule is Cc1ccccc1C1CN(C(=O)c2n[nH]c3ccccc23)CC1C(=O)O. The summed E-state index contributed by atoms with van der Waals surface area (Å²) in [5.41, 5.74) is 3.17. The van der Waals surface area contributed by atoms with Crippen molar-refractivity contribution < 1.29 is 14.7 Å². The Labute approximate surface area is 150 Å². The lowest BCUT2D eigenvalue weighted by Gasteiger charge is -2.17. The minimum Gasteiger partial charge on any atom is -0.481 e. The number of carboxylic acids is 1. The van der Waals surface area contributed by atoms with Crippen LogP contribution in [0.15, 0.2) is 48.5 Å². The molecule has 1 fully saturated rings. The summed E-state index contributed by atoms with van der Waals surface area (Å²) in [5, 5.41) is 17.5. The summed E-state index contributed by atoms with van der Waals surface area (Å²) < 4.78 is 0. The predicted octanol–water partition coefficient (Wildman–Crippen LogP) is 2.81. The van der Waals surface area contributed by atoms with Crippen LogP contribution in [0.25, 0.3) is 10.9 Å². The van der Waals surface area contributed by atoms with Crippen molar-refractivity contribution in [3.8, 4) is 0 Å². The molecule has 1 saturated heterocycles. The third-order valence-electron chi connectivity index (χ3n) is 5.19. The normalized spacial score (nSPS) is 19.8. The number of carbonyl (C=O) groups is 2. The zero-order valence-corrected chi connectivity index (χ0v) is 14.3. The van der Waals surface area contributed by atoms with Crippen LogP contribution < -0.4 is 0 Å². The van der Waals surface area contributed by atoms with Crippen LogP contribution in [-0.4, -0.2) is 45.2 Å². The zero-order chi connectivity index (χ0) is 18.3. The Morgan fingerprint density at radius 3 is 2.62 bits per heavy atom. The van der Waals surface area contributed by atoms with Gasteiger partial charge in [-0.1, -0.05) is 42.5 Å². The van der Waals surface area contributed by atoms with Crippen molar-refractivity contribution in [2.45, 2.75) is 12.8 Å². The van der Waals surface area contributed by atoms with E-state index >= 15 is 0 Å². The molecule has 2 unspecified atom stereocenters. The largest absolute Gasteiger partial charge is 0.481 e. The van der Waals surface area contributed by atoms with Crippen molar-refractivity contribution in [3.63, 3.8) is 0 Å². The van der Waals surface area contributed by atoms with Gasteiger partial charge in [-0.2, -0.15) is 5.10 Å². The Bertz CT molecular complexity index is 995. The average Bonchev–Trinajstić information content (AvgIpc) is 3.26. The molecule has 3 aromatic rings. The number of aryl methyl sites for hydroxylation is 1. The highest BCUT2D eigenvalue weighted by atomic mass is 16.4. The number of hydrogen-bond acceptors (Lipinski definition) is 3. The molecular formula is C20H19N3O3. The monoisotopic (exact) mass is 349 g/mol. The molecule has 4 rings (SSSR count). The summed E-state index contributed by atoms with van der Waals surface area (Å²) in [5.74, 6) is -1.95. The van der Waals surface area contributed by atoms with E-state index in [2.05, 4.69) is 10.2 Å². The number of para-hydroxylation sites is 1. The third kappa shape index (κ3) is 2.63.